The standard InChI is InChI=1S/C17H12F3N3O2/c18-17(19,20)11-2-1-3-12(8-11)23-16(24)10-25-13-4-5-14-15(9-13)22-7-6-21-14/h1-9H,10H2,(H,23,24). The summed E-state index contributed by atoms with van der Waals surface area (Å²) in [5.74, 6) is -0.161. The van der Waals surface area contributed by atoms with Crippen molar-refractivity contribution in [3.8, 4) is 5.75 Å². The van der Waals surface area contributed by atoms with Gasteiger partial charge in [-0.3, -0.25) is 14.8 Å². The molecule has 2 aromatic carbocycles. The Balaban J connectivity index is 1.62. The molecule has 0 unspecified atom stereocenters. The van der Waals surface area contributed by atoms with Crippen LogP contribution >= 0.6 is 0 Å². The maximum atomic E-state index is 12.7. The Morgan fingerprint density at radius 2 is 1.80 bits per heavy atom. The van der Waals surface area contributed by atoms with Crippen molar-refractivity contribution in [1.29, 1.82) is 0 Å². The number of rotatable bonds is 4. The van der Waals surface area contributed by atoms with Crippen molar-refractivity contribution < 1.29 is 22.7 Å². The van der Waals surface area contributed by atoms with Gasteiger partial charge in [0.2, 0.25) is 0 Å². The summed E-state index contributed by atoms with van der Waals surface area (Å²) in [6, 6.07) is 9.35. The van der Waals surface area contributed by atoms with Gasteiger partial charge in [-0.2, -0.15) is 13.2 Å². The number of carbonyl (C=O) groups is 1. The zero-order valence-corrected chi connectivity index (χ0v) is 12.7. The van der Waals surface area contributed by atoms with Gasteiger partial charge in [-0.05, 0) is 30.3 Å². The van der Waals surface area contributed by atoms with Crippen molar-refractivity contribution in [2.24, 2.45) is 0 Å². The average molecular weight is 347 g/mol. The van der Waals surface area contributed by atoms with Gasteiger partial charge in [0.05, 0.1) is 16.6 Å². The molecule has 128 valence electrons. The second kappa shape index (κ2) is 6.76. The smallest absolute Gasteiger partial charge is 0.416 e. The molecule has 25 heavy (non-hydrogen) atoms. The maximum Gasteiger partial charge on any atom is 0.416 e. The molecule has 1 aromatic heterocycles. The lowest BCUT2D eigenvalue weighted by Gasteiger charge is -2.10. The molecular formula is C17H12F3N3O2. The molecule has 1 N–H and O–H groups in total. The summed E-state index contributed by atoms with van der Waals surface area (Å²) in [6.07, 6.45) is -1.37. The molecular weight excluding hydrogens is 335 g/mol. The van der Waals surface area contributed by atoms with Crippen LogP contribution in [0.1, 0.15) is 5.56 Å². The Labute approximate surface area is 140 Å². The van der Waals surface area contributed by atoms with Gasteiger partial charge in [0.15, 0.2) is 6.61 Å². The van der Waals surface area contributed by atoms with E-state index in [1.54, 1.807) is 24.4 Å². The first kappa shape index (κ1) is 16.7. The summed E-state index contributed by atoms with van der Waals surface area (Å²) < 4.78 is 43.3. The highest BCUT2D eigenvalue weighted by Crippen LogP contribution is 2.30. The van der Waals surface area contributed by atoms with Crippen LogP contribution in [0.15, 0.2) is 54.9 Å². The Bertz CT molecular complexity index is 913. The highest BCUT2D eigenvalue weighted by atomic mass is 19.4. The van der Waals surface area contributed by atoms with E-state index in [1.165, 1.54) is 18.3 Å². The van der Waals surface area contributed by atoms with Crippen LogP contribution in [0.3, 0.4) is 0 Å². The summed E-state index contributed by atoms with van der Waals surface area (Å²) >= 11 is 0. The van der Waals surface area contributed by atoms with E-state index in [-0.39, 0.29) is 12.3 Å². The number of ether oxygens (including phenoxy) is 1. The van der Waals surface area contributed by atoms with Crippen LogP contribution in [0.4, 0.5) is 18.9 Å². The summed E-state index contributed by atoms with van der Waals surface area (Å²) in [7, 11) is 0. The molecule has 0 saturated carbocycles. The van der Waals surface area contributed by atoms with E-state index in [2.05, 4.69) is 15.3 Å². The van der Waals surface area contributed by atoms with E-state index in [9.17, 15) is 18.0 Å². The number of hydrogen-bond donors (Lipinski definition) is 1. The lowest BCUT2D eigenvalue weighted by atomic mass is 10.2. The van der Waals surface area contributed by atoms with Gasteiger partial charge in [-0.1, -0.05) is 6.07 Å². The predicted molar refractivity (Wildman–Crippen MR) is 85.1 cm³/mol. The van der Waals surface area contributed by atoms with Crippen LogP contribution in [0.25, 0.3) is 11.0 Å². The van der Waals surface area contributed by atoms with E-state index in [4.69, 9.17) is 4.74 Å². The fourth-order valence-electron chi connectivity index (χ4n) is 2.15. The van der Waals surface area contributed by atoms with Crippen molar-refractivity contribution in [2.45, 2.75) is 6.18 Å². The van der Waals surface area contributed by atoms with Crippen LogP contribution in [-0.2, 0) is 11.0 Å². The van der Waals surface area contributed by atoms with E-state index in [1.807, 2.05) is 0 Å². The monoisotopic (exact) mass is 347 g/mol. The average Bonchev–Trinajstić information content (AvgIpc) is 2.59. The quantitative estimate of drug-likeness (QED) is 0.782. The highest BCUT2D eigenvalue weighted by molar-refractivity contribution is 5.92. The molecule has 0 saturated heterocycles. The zero-order valence-electron chi connectivity index (χ0n) is 12.7. The summed E-state index contributed by atoms with van der Waals surface area (Å²) in [5.41, 5.74) is 0.508. The SMILES string of the molecule is O=C(COc1ccc2nccnc2c1)Nc1cccc(C(F)(F)F)c1. The molecule has 0 radical (unpaired) electrons. The number of aromatic nitrogens is 2. The van der Waals surface area contributed by atoms with Gasteiger partial charge >= 0.3 is 6.18 Å². The lowest BCUT2D eigenvalue weighted by molar-refractivity contribution is -0.137. The summed E-state index contributed by atoms with van der Waals surface area (Å²) in [5, 5.41) is 2.37. The minimum absolute atomic E-state index is 0.0489. The fourth-order valence-corrected chi connectivity index (χ4v) is 2.15. The number of halogens is 3. The fraction of sp³-hybridized carbons (Fsp3) is 0.118. The molecule has 1 heterocycles. The largest absolute Gasteiger partial charge is 0.484 e. The number of fused-ring (bicyclic) bond motifs is 1. The van der Waals surface area contributed by atoms with Crippen LogP contribution in [0, 0.1) is 0 Å². The van der Waals surface area contributed by atoms with E-state index >= 15 is 0 Å². The van der Waals surface area contributed by atoms with E-state index < -0.39 is 17.6 Å². The molecule has 0 aliphatic carbocycles. The minimum Gasteiger partial charge on any atom is -0.484 e. The van der Waals surface area contributed by atoms with Gasteiger partial charge in [0, 0.05) is 24.1 Å². The number of benzene rings is 2. The number of nitrogens with zero attached hydrogens (tertiary/aromatic N) is 2. The maximum absolute atomic E-state index is 12.7. The molecule has 1 amide bonds. The first-order valence-electron chi connectivity index (χ1n) is 7.22. The molecule has 8 heteroatoms. The second-order valence-electron chi connectivity index (χ2n) is 5.12. The first-order valence-corrected chi connectivity index (χ1v) is 7.22. The summed E-state index contributed by atoms with van der Waals surface area (Å²) in [6.45, 7) is -0.345. The Hall–Kier alpha value is -3.16. The molecule has 3 rings (SSSR count). The molecule has 5 nitrogen and oxygen atoms in total. The lowest BCUT2D eigenvalue weighted by Crippen LogP contribution is -2.20. The molecule has 0 fully saturated rings. The van der Waals surface area contributed by atoms with Crippen LogP contribution < -0.4 is 10.1 Å². The van der Waals surface area contributed by atoms with Gasteiger partial charge < -0.3 is 10.1 Å². The van der Waals surface area contributed by atoms with Crippen molar-refractivity contribution in [1.82, 2.24) is 9.97 Å². The van der Waals surface area contributed by atoms with Gasteiger partial charge in [0.1, 0.15) is 5.75 Å². The molecule has 0 atom stereocenters. The van der Waals surface area contributed by atoms with E-state index in [0.717, 1.165) is 12.1 Å². The van der Waals surface area contributed by atoms with Crippen LogP contribution in [-0.4, -0.2) is 22.5 Å². The number of nitrogens with one attached hydrogen (secondary N) is 1. The molecule has 0 aliphatic heterocycles. The predicted octanol–water partition coefficient (Wildman–Crippen LogP) is 3.67. The number of amides is 1. The normalized spacial score (nSPS) is 11.3. The number of alkyl halides is 3. The number of anilines is 1. The van der Waals surface area contributed by atoms with Crippen LogP contribution in [0.2, 0.25) is 0 Å². The van der Waals surface area contributed by atoms with Gasteiger partial charge in [-0.15, -0.1) is 0 Å². The third-order valence-corrected chi connectivity index (χ3v) is 3.28. The Morgan fingerprint density at radius 1 is 1.04 bits per heavy atom. The molecule has 3 aromatic rings. The third-order valence-electron chi connectivity index (χ3n) is 3.28. The van der Waals surface area contributed by atoms with Crippen molar-refractivity contribution >= 4 is 22.6 Å². The van der Waals surface area contributed by atoms with Crippen LogP contribution in [0.5, 0.6) is 5.75 Å². The zero-order chi connectivity index (χ0) is 17.9. The van der Waals surface area contributed by atoms with Crippen molar-refractivity contribution in [3.63, 3.8) is 0 Å². The molecule has 0 spiro atoms. The Morgan fingerprint density at radius 3 is 2.56 bits per heavy atom. The first-order chi connectivity index (χ1) is 11.9. The minimum atomic E-state index is -4.47. The van der Waals surface area contributed by atoms with Gasteiger partial charge in [-0.25, -0.2) is 0 Å². The number of carbonyl (C=O) groups excluding carboxylic acids is 1. The van der Waals surface area contributed by atoms with Gasteiger partial charge in [0.25, 0.3) is 5.91 Å². The highest BCUT2D eigenvalue weighted by Gasteiger charge is 2.30. The Kier molecular flexibility index (Phi) is 4.51. The second-order valence-corrected chi connectivity index (χ2v) is 5.12. The summed E-state index contributed by atoms with van der Waals surface area (Å²) in [4.78, 5) is 20.1. The van der Waals surface area contributed by atoms with Crippen molar-refractivity contribution in [2.75, 3.05) is 11.9 Å². The topological polar surface area (TPSA) is 64.1 Å². The van der Waals surface area contributed by atoms with E-state index in [0.29, 0.717) is 16.8 Å². The number of hydrogen-bond acceptors (Lipinski definition) is 4. The molecule has 0 bridgehead atoms. The van der Waals surface area contributed by atoms with Crippen molar-refractivity contribution in [3.05, 3.63) is 60.4 Å². The third kappa shape index (κ3) is 4.23. The molecule has 0 aliphatic rings.